The summed E-state index contributed by atoms with van der Waals surface area (Å²) in [5.74, 6) is 2.70. The SMILES string of the molecule is C#CC.CCOC(O)C1CC1.CN=CNCc1ccccc1. The van der Waals surface area contributed by atoms with Gasteiger partial charge in [-0.2, -0.15) is 0 Å². The molecule has 4 nitrogen and oxygen atoms in total. The standard InChI is InChI=1S/C9H12N2.C6H12O2.C3H4/c1-10-8-11-7-9-5-3-2-4-6-9;1-2-8-6(7)5-3-4-5;1-3-2/h2-6,8H,7H2,1H3,(H,10,11);5-7H,2-4H2,1H3;1H,2H3. The normalized spacial score (nSPS) is 14.0. The number of hydrogen-bond donors (Lipinski definition) is 2. The van der Waals surface area contributed by atoms with E-state index in [0.717, 1.165) is 19.4 Å². The molecule has 0 amide bonds. The summed E-state index contributed by atoms with van der Waals surface area (Å²) >= 11 is 0. The molecule has 1 aliphatic carbocycles. The van der Waals surface area contributed by atoms with Crippen molar-refractivity contribution in [3.63, 3.8) is 0 Å². The highest BCUT2D eigenvalue weighted by atomic mass is 16.6. The first-order valence-corrected chi connectivity index (χ1v) is 7.54. The molecule has 0 heterocycles. The lowest BCUT2D eigenvalue weighted by Gasteiger charge is -2.06. The predicted octanol–water partition coefficient (Wildman–Crippen LogP) is 2.83. The summed E-state index contributed by atoms with van der Waals surface area (Å²) < 4.78 is 4.92. The van der Waals surface area contributed by atoms with Crippen molar-refractivity contribution in [3.05, 3.63) is 35.9 Å². The molecular formula is C18H28N2O2. The molecule has 1 saturated carbocycles. The highest BCUT2D eigenvalue weighted by Crippen LogP contribution is 2.32. The fourth-order valence-electron chi connectivity index (χ4n) is 1.54. The van der Waals surface area contributed by atoms with E-state index >= 15 is 0 Å². The minimum Gasteiger partial charge on any atom is -0.372 e. The van der Waals surface area contributed by atoms with Crippen molar-refractivity contribution in [2.45, 2.75) is 39.5 Å². The van der Waals surface area contributed by atoms with Gasteiger partial charge in [0.05, 0.1) is 6.34 Å². The number of ether oxygens (including phenoxy) is 1. The molecule has 0 aliphatic heterocycles. The Bertz CT molecular complexity index is 422. The first-order chi connectivity index (χ1) is 10.7. The van der Waals surface area contributed by atoms with E-state index in [9.17, 15) is 0 Å². The van der Waals surface area contributed by atoms with Crippen molar-refractivity contribution in [3.8, 4) is 12.3 Å². The fourth-order valence-corrected chi connectivity index (χ4v) is 1.54. The van der Waals surface area contributed by atoms with Crippen LogP contribution >= 0.6 is 0 Å². The maximum absolute atomic E-state index is 8.97. The van der Waals surface area contributed by atoms with Crippen molar-refractivity contribution >= 4 is 6.34 Å². The third-order valence-corrected chi connectivity index (χ3v) is 2.73. The van der Waals surface area contributed by atoms with Gasteiger partial charge in [-0.25, -0.2) is 0 Å². The number of aliphatic imine (C=N–C) groups is 1. The van der Waals surface area contributed by atoms with E-state index < -0.39 is 6.29 Å². The number of nitrogens with one attached hydrogen (secondary N) is 1. The summed E-state index contributed by atoms with van der Waals surface area (Å²) in [6.45, 7) is 5.02. The third kappa shape index (κ3) is 12.0. The summed E-state index contributed by atoms with van der Waals surface area (Å²) in [5, 5.41) is 12.0. The monoisotopic (exact) mass is 304 g/mol. The molecule has 0 spiro atoms. The number of benzene rings is 1. The number of hydrogen-bond acceptors (Lipinski definition) is 3. The molecule has 1 atom stereocenters. The Kier molecular flexibility index (Phi) is 12.9. The Morgan fingerprint density at radius 3 is 2.50 bits per heavy atom. The highest BCUT2D eigenvalue weighted by Gasteiger charge is 2.29. The smallest absolute Gasteiger partial charge is 0.157 e. The highest BCUT2D eigenvalue weighted by molar-refractivity contribution is 5.53. The molecule has 22 heavy (non-hydrogen) atoms. The van der Waals surface area contributed by atoms with Gasteiger partial charge >= 0.3 is 0 Å². The van der Waals surface area contributed by atoms with Crippen LogP contribution < -0.4 is 5.32 Å². The van der Waals surface area contributed by atoms with Crippen molar-refractivity contribution < 1.29 is 9.84 Å². The average Bonchev–Trinajstić information content (AvgIpc) is 3.35. The molecule has 1 fully saturated rings. The summed E-state index contributed by atoms with van der Waals surface area (Å²) in [6, 6.07) is 10.2. The van der Waals surface area contributed by atoms with Gasteiger partial charge in [-0.15, -0.1) is 12.3 Å². The molecule has 0 aromatic heterocycles. The van der Waals surface area contributed by atoms with Crippen LogP contribution in [0.1, 0.15) is 32.3 Å². The quantitative estimate of drug-likeness (QED) is 0.368. The second-order valence-corrected chi connectivity index (χ2v) is 4.73. The van der Waals surface area contributed by atoms with E-state index in [0.29, 0.717) is 12.5 Å². The molecule has 0 bridgehead atoms. The minimum atomic E-state index is -0.472. The lowest BCUT2D eigenvalue weighted by atomic mass is 10.2. The number of aliphatic hydroxyl groups excluding tert-OH is 1. The Labute approximate surface area is 134 Å². The van der Waals surface area contributed by atoms with Gasteiger partial charge in [0.2, 0.25) is 0 Å². The van der Waals surface area contributed by atoms with Gasteiger partial charge in [-0.1, -0.05) is 30.3 Å². The molecule has 0 radical (unpaired) electrons. The Hall–Kier alpha value is -1.83. The van der Waals surface area contributed by atoms with E-state index in [2.05, 4.69) is 34.8 Å². The molecular weight excluding hydrogens is 276 g/mol. The zero-order valence-electron chi connectivity index (χ0n) is 13.8. The molecule has 4 heteroatoms. The molecule has 0 saturated heterocycles. The topological polar surface area (TPSA) is 53.9 Å². The Balaban J connectivity index is 0.000000352. The van der Waals surface area contributed by atoms with Crippen molar-refractivity contribution in [2.75, 3.05) is 13.7 Å². The Morgan fingerprint density at radius 2 is 2.05 bits per heavy atom. The van der Waals surface area contributed by atoms with Gasteiger partial charge in [0, 0.05) is 26.1 Å². The first-order valence-electron chi connectivity index (χ1n) is 7.54. The summed E-state index contributed by atoms with van der Waals surface area (Å²) in [7, 11) is 1.75. The van der Waals surface area contributed by atoms with Gasteiger partial charge in [-0.3, -0.25) is 4.99 Å². The van der Waals surface area contributed by atoms with Crippen LogP contribution in [0.25, 0.3) is 0 Å². The van der Waals surface area contributed by atoms with Crippen LogP contribution in [0.4, 0.5) is 0 Å². The molecule has 2 N–H and O–H groups in total. The molecule has 1 aliphatic rings. The minimum absolute atomic E-state index is 0.454. The zero-order valence-corrected chi connectivity index (χ0v) is 13.8. The zero-order chi connectivity index (χ0) is 16.6. The van der Waals surface area contributed by atoms with Gasteiger partial charge in [0.1, 0.15) is 0 Å². The van der Waals surface area contributed by atoms with Crippen LogP contribution in [-0.2, 0) is 11.3 Å². The number of terminal acetylenes is 1. The van der Waals surface area contributed by atoms with Gasteiger partial charge in [-0.05, 0) is 32.3 Å². The van der Waals surface area contributed by atoms with Crippen LogP contribution in [0.2, 0.25) is 0 Å². The van der Waals surface area contributed by atoms with Crippen molar-refractivity contribution in [1.29, 1.82) is 0 Å². The lowest BCUT2D eigenvalue weighted by molar-refractivity contribution is -0.108. The second-order valence-electron chi connectivity index (χ2n) is 4.73. The van der Waals surface area contributed by atoms with E-state index in [1.165, 1.54) is 5.56 Å². The largest absolute Gasteiger partial charge is 0.372 e. The predicted molar refractivity (Wildman–Crippen MR) is 92.6 cm³/mol. The van der Waals surface area contributed by atoms with Gasteiger partial charge < -0.3 is 15.2 Å². The maximum Gasteiger partial charge on any atom is 0.157 e. The third-order valence-electron chi connectivity index (χ3n) is 2.73. The van der Waals surface area contributed by atoms with Crippen molar-refractivity contribution in [2.24, 2.45) is 10.9 Å². The number of nitrogens with zero attached hydrogens (tertiary/aromatic N) is 1. The summed E-state index contributed by atoms with van der Waals surface area (Å²) in [4.78, 5) is 3.81. The van der Waals surface area contributed by atoms with Gasteiger partial charge in [0.15, 0.2) is 6.29 Å². The molecule has 1 unspecified atom stereocenters. The number of rotatable bonds is 6. The van der Waals surface area contributed by atoms with Crippen LogP contribution in [0, 0.1) is 18.3 Å². The summed E-state index contributed by atoms with van der Waals surface area (Å²) in [5.41, 5.74) is 1.27. The van der Waals surface area contributed by atoms with E-state index in [1.807, 2.05) is 25.1 Å². The van der Waals surface area contributed by atoms with Gasteiger partial charge in [0.25, 0.3) is 0 Å². The lowest BCUT2D eigenvalue weighted by Crippen LogP contribution is -2.13. The average molecular weight is 304 g/mol. The molecule has 1 aromatic carbocycles. The fraction of sp³-hybridized carbons (Fsp3) is 0.500. The van der Waals surface area contributed by atoms with Crippen LogP contribution in [0.15, 0.2) is 35.3 Å². The second kappa shape index (κ2) is 14.1. The first kappa shape index (κ1) is 20.2. The maximum atomic E-state index is 8.97. The van der Waals surface area contributed by atoms with E-state index in [-0.39, 0.29) is 0 Å². The van der Waals surface area contributed by atoms with Crippen LogP contribution in [0.3, 0.4) is 0 Å². The van der Waals surface area contributed by atoms with Crippen LogP contribution in [0.5, 0.6) is 0 Å². The summed E-state index contributed by atoms with van der Waals surface area (Å²) in [6.07, 6.45) is 8.11. The number of aliphatic hydroxyl groups is 1. The van der Waals surface area contributed by atoms with E-state index in [4.69, 9.17) is 9.84 Å². The van der Waals surface area contributed by atoms with Crippen LogP contribution in [-0.4, -0.2) is 31.4 Å². The van der Waals surface area contributed by atoms with E-state index in [1.54, 1.807) is 20.3 Å². The van der Waals surface area contributed by atoms with Crippen molar-refractivity contribution in [1.82, 2.24) is 5.32 Å². The Morgan fingerprint density at radius 1 is 1.45 bits per heavy atom. The molecule has 2 rings (SSSR count). The molecule has 122 valence electrons. The molecule has 1 aromatic rings.